The van der Waals surface area contributed by atoms with Gasteiger partial charge in [0.25, 0.3) is 0 Å². The van der Waals surface area contributed by atoms with Gasteiger partial charge in [0.2, 0.25) is 11.8 Å². The van der Waals surface area contributed by atoms with Crippen molar-refractivity contribution in [1.29, 1.82) is 0 Å². The molecule has 0 aliphatic rings. The maximum atomic E-state index is 13.1. The maximum absolute atomic E-state index is 13.1. The summed E-state index contributed by atoms with van der Waals surface area (Å²) >= 11 is 0. The Labute approximate surface area is 99.2 Å². The molecule has 0 saturated heterocycles. The van der Waals surface area contributed by atoms with Crippen LogP contribution in [-0.2, 0) is 9.59 Å². The molecule has 92 valence electrons. The van der Waals surface area contributed by atoms with Crippen molar-refractivity contribution in [1.82, 2.24) is 4.90 Å². The first-order valence-electron chi connectivity index (χ1n) is 5.27. The Morgan fingerprint density at radius 1 is 1.47 bits per heavy atom. The van der Waals surface area contributed by atoms with Crippen molar-refractivity contribution >= 4 is 11.8 Å². The van der Waals surface area contributed by atoms with E-state index in [9.17, 15) is 14.0 Å². The van der Waals surface area contributed by atoms with E-state index in [-0.39, 0.29) is 12.3 Å². The molecule has 0 spiro atoms. The average Bonchev–Trinajstić information content (AvgIpc) is 2.27. The van der Waals surface area contributed by atoms with Crippen LogP contribution in [0, 0.1) is 5.82 Å². The number of benzene rings is 1. The van der Waals surface area contributed by atoms with Crippen LogP contribution < -0.4 is 5.73 Å². The van der Waals surface area contributed by atoms with Gasteiger partial charge in [0.05, 0.1) is 0 Å². The van der Waals surface area contributed by atoms with E-state index >= 15 is 0 Å². The summed E-state index contributed by atoms with van der Waals surface area (Å²) in [4.78, 5) is 24.2. The molecule has 0 bridgehead atoms. The Balaban J connectivity index is 3.10. The fraction of sp³-hybridized carbons (Fsp3) is 0.333. The molecule has 1 aromatic rings. The second kappa shape index (κ2) is 5.43. The summed E-state index contributed by atoms with van der Waals surface area (Å²) in [6.07, 6.45) is 0.260. The van der Waals surface area contributed by atoms with E-state index in [2.05, 4.69) is 0 Å². The predicted molar refractivity (Wildman–Crippen MR) is 61.4 cm³/mol. The van der Waals surface area contributed by atoms with Gasteiger partial charge in [-0.2, -0.15) is 0 Å². The lowest BCUT2D eigenvalue weighted by molar-refractivity contribution is -0.137. The number of nitrogens with two attached hydrogens (primary N) is 1. The van der Waals surface area contributed by atoms with Gasteiger partial charge in [0.15, 0.2) is 0 Å². The fourth-order valence-electron chi connectivity index (χ4n) is 1.65. The third-order valence-corrected chi connectivity index (χ3v) is 2.52. The Bertz CT molecular complexity index is 434. The van der Waals surface area contributed by atoms with Gasteiger partial charge in [-0.25, -0.2) is 4.39 Å². The fourth-order valence-corrected chi connectivity index (χ4v) is 1.65. The van der Waals surface area contributed by atoms with Crippen LogP contribution in [0.25, 0.3) is 0 Å². The molecule has 1 aromatic carbocycles. The highest BCUT2D eigenvalue weighted by Gasteiger charge is 2.25. The molecule has 17 heavy (non-hydrogen) atoms. The van der Waals surface area contributed by atoms with Gasteiger partial charge in [-0.15, -0.1) is 0 Å². The van der Waals surface area contributed by atoms with Crippen LogP contribution in [-0.4, -0.2) is 23.8 Å². The molecule has 0 fully saturated rings. The highest BCUT2D eigenvalue weighted by atomic mass is 19.1. The largest absolute Gasteiger partial charge is 0.368 e. The molecule has 2 amide bonds. The maximum Gasteiger partial charge on any atom is 0.244 e. The molecule has 0 heterocycles. The molecule has 2 N–H and O–H groups in total. The summed E-state index contributed by atoms with van der Waals surface area (Å²) in [5.41, 5.74) is 5.63. The van der Waals surface area contributed by atoms with Crippen LogP contribution in [0.15, 0.2) is 24.3 Å². The van der Waals surface area contributed by atoms with Crippen LogP contribution >= 0.6 is 0 Å². The highest BCUT2D eigenvalue weighted by molar-refractivity contribution is 5.87. The first-order chi connectivity index (χ1) is 7.97. The molecular weight excluding hydrogens is 223 g/mol. The van der Waals surface area contributed by atoms with Crippen LogP contribution in [0.2, 0.25) is 0 Å². The summed E-state index contributed by atoms with van der Waals surface area (Å²) in [5, 5.41) is 0. The van der Waals surface area contributed by atoms with Crippen LogP contribution in [0.4, 0.5) is 4.39 Å². The first kappa shape index (κ1) is 13.2. The van der Waals surface area contributed by atoms with Crippen molar-refractivity contribution in [3.8, 4) is 0 Å². The molecule has 0 aromatic heterocycles. The van der Waals surface area contributed by atoms with E-state index in [0.29, 0.717) is 5.56 Å². The number of primary amides is 1. The Kier molecular flexibility index (Phi) is 4.20. The van der Waals surface area contributed by atoms with Crippen LogP contribution in [0.3, 0.4) is 0 Å². The SMILES string of the molecule is CCC(=O)N(C)C(C(N)=O)c1cccc(F)c1. The molecular formula is C12H15FN2O2. The predicted octanol–water partition coefficient (Wildman–Crippen LogP) is 1.22. The van der Waals surface area contributed by atoms with Crippen molar-refractivity contribution in [2.75, 3.05) is 7.05 Å². The summed E-state index contributed by atoms with van der Waals surface area (Å²) in [6, 6.07) is 4.58. The average molecular weight is 238 g/mol. The minimum atomic E-state index is -0.932. The molecule has 0 aliphatic carbocycles. The lowest BCUT2D eigenvalue weighted by Crippen LogP contribution is -2.38. The monoisotopic (exact) mass is 238 g/mol. The first-order valence-corrected chi connectivity index (χ1v) is 5.27. The van der Waals surface area contributed by atoms with Crippen LogP contribution in [0.5, 0.6) is 0 Å². The van der Waals surface area contributed by atoms with Crippen molar-refractivity contribution < 1.29 is 14.0 Å². The summed E-state index contributed by atoms with van der Waals surface area (Å²) in [5.74, 6) is -1.37. The van der Waals surface area contributed by atoms with E-state index < -0.39 is 17.8 Å². The minimum Gasteiger partial charge on any atom is -0.368 e. The van der Waals surface area contributed by atoms with E-state index in [1.165, 1.54) is 30.1 Å². The number of carbonyl (C=O) groups excluding carboxylic acids is 2. The Hall–Kier alpha value is -1.91. The van der Waals surface area contributed by atoms with Crippen molar-refractivity contribution in [2.24, 2.45) is 5.73 Å². The lowest BCUT2D eigenvalue weighted by atomic mass is 10.0. The molecule has 5 heteroatoms. The van der Waals surface area contributed by atoms with Gasteiger partial charge < -0.3 is 10.6 Å². The van der Waals surface area contributed by atoms with E-state index in [1.807, 2.05) is 0 Å². The third-order valence-electron chi connectivity index (χ3n) is 2.52. The van der Waals surface area contributed by atoms with E-state index in [0.717, 1.165) is 0 Å². The smallest absolute Gasteiger partial charge is 0.244 e. The summed E-state index contributed by atoms with van der Waals surface area (Å²) < 4.78 is 13.1. The Morgan fingerprint density at radius 2 is 2.12 bits per heavy atom. The summed E-state index contributed by atoms with van der Waals surface area (Å²) in [6.45, 7) is 1.68. The second-order valence-electron chi connectivity index (χ2n) is 3.72. The molecule has 1 atom stereocenters. The third kappa shape index (κ3) is 3.03. The minimum absolute atomic E-state index is 0.224. The standard InChI is InChI=1S/C12H15FN2O2/c1-3-10(16)15(2)11(12(14)17)8-5-4-6-9(13)7-8/h4-7,11H,3H2,1-2H3,(H2,14,17). The number of nitrogens with zero attached hydrogens (tertiary/aromatic N) is 1. The molecule has 1 unspecified atom stereocenters. The quantitative estimate of drug-likeness (QED) is 0.857. The normalized spacial score (nSPS) is 11.9. The number of hydrogen-bond donors (Lipinski definition) is 1. The van der Waals surface area contributed by atoms with Crippen molar-refractivity contribution in [3.63, 3.8) is 0 Å². The number of carbonyl (C=O) groups is 2. The van der Waals surface area contributed by atoms with Gasteiger partial charge in [-0.1, -0.05) is 19.1 Å². The van der Waals surface area contributed by atoms with Gasteiger partial charge >= 0.3 is 0 Å². The molecule has 0 radical (unpaired) electrons. The number of likely N-dealkylation sites (N-methyl/N-ethyl adjacent to an activating group) is 1. The molecule has 0 saturated carbocycles. The molecule has 4 nitrogen and oxygen atoms in total. The number of halogens is 1. The number of amides is 2. The number of rotatable bonds is 4. The molecule has 1 rings (SSSR count). The topological polar surface area (TPSA) is 63.4 Å². The van der Waals surface area contributed by atoms with Gasteiger partial charge in [-0.05, 0) is 17.7 Å². The second-order valence-corrected chi connectivity index (χ2v) is 3.72. The Morgan fingerprint density at radius 3 is 2.59 bits per heavy atom. The lowest BCUT2D eigenvalue weighted by Gasteiger charge is -2.25. The van der Waals surface area contributed by atoms with E-state index in [4.69, 9.17) is 5.73 Å². The van der Waals surface area contributed by atoms with Crippen molar-refractivity contribution in [2.45, 2.75) is 19.4 Å². The van der Waals surface area contributed by atoms with Gasteiger partial charge in [-0.3, -0.25) is 9.59 Å². The van der Waals surface area contributed by atoms with Gasteiger partial charge in [0, 0.05) is 13.5 Å². The zero-order chi connectivity index (χ0) is 13.0. The summed E-state index contributed by atoms with van der Waals surface area (Å²) in [7, 11) is 1.48. The zero-order valence-corrected chi connectivity index (χ0v) is 9.81. The van der Waals surface area contributed by atoms with Gasteiger partial charge in [0.1, 0.15) is 11.9 Å². The van der Waals surface area contributed by atoms with E-state index in [1.54, 1.807) is 13.0 Å². The number of hydrogen-bond acceptors (Lipinski definition) is 2. The van der Waals surface area contributed by atoms with Crippen molar-refractivity contribution in [3.05, 3.63) is 35.6 Å². The molecule has 0 aliphatic heterocycles. The van der Waals surface area contributed by atoms with Crippen LogP contribution in [0.1, 0.15) is 24.9 Å². The zero-order valence-electron chi connectivity index (χ0n) is 9.81. The highest BCUT2D eigenvalue weighted by Crippen LogP contribution is 2.20.